The monoisotopic (exact) mass is 1130 g/mol. The molecular formula is C70H119N2O7P. The SMILES string of the molecule is CC\C=C/C=C/C=C/C=C\C=C\C=C\CCCCCC(=O)NC(COP(=O)([O-])OCC[N+](C)(C)C)C(/C=C\CCCCCCCCCCCC)OC(=O)CCCCCCCCCCC/C=C\C/C=C\C/C=C\C/C=C\CCCCC. The Kier molecular flexibility index (Phi) is 55.5. The van der Waals surface area contributed by atoms with Crippen molar-refractivity contribution in [3.05, 3.63) is 134 Å². The van der Waals surface area contributed by atoms with E-state index < -0.39 is 26.6 Å². The van der Waals surface area contributed by atoms with Crippen LogP contribution in [0.5, 0.6) is 0 Å². The summed E-state index contributed by atoms with van der Waals surface area (Å²) in [4.78, 5) is 40.0. The number of rotatable bonds is 56. The van der Waals surface area contributed by atoms with Crippen molar-refractivity contribution in [1.29, 1.82) is 0 Å². The molecule has 0 aliphatic carbocycles. The number of likely N-dealkylation sites (N-methyl/N-ethyl adjacent to an activating group) is 1. The number of hydrogen-bond donors (Lipinski definition) is 1. The van der Waals surface area contributed by atoms with Gasteiger partial charge < -0.3 is 28.5 Å². The van der Waals surface area contributed by atoms with Crippen molar-refractivity contribution in [2.75, 3.05) is 40.9 Å². The summed E-state index contributed by atoms with van der Waals surface area (Å²) in [6.45, 7) is 6.61. The van der Waals surface area contributed by atoms with Crippen LogP contribution in [0.15, 0.2) is 134 Å². The van der Waals surface area contributed by atoms with E-state index in [1.165, 1.54) is 109 Å². The Labute approximate surface area is 492 Å². The molecule has 0 spiro atoms. The van der Waals surface area contributed by atoms with Crippen LogP contribution in [-0.2, 0) is 27.9 Å². The van der Waals surface area contributed by atoms with Crippen LogP contribution in [0, 0.1) is 0 Å². The molecule has 1 amide bonds. The quantitative estimate of drug-likeness (QED) is 0.0161. The molecule has 0 rings (SSSR count). The Morgan fingerprint density at radius 1 is 0.463 bits per heavy atom. The van der Waals surface area contributed by atoms with E-state index >= 15 is 0 Å². The minimum atomic E-state index is -4.72. The second kappa shape index (κ2) is 58.4. The average Bonchev–Trinajstić information content (AvgIpc) is 3.42. The molecular weight excluding hydrogens is 1010 g/mol. The highest BCUT2D eigenvalue weighted by molar-refractivity contribution is 7.45. The first kappa shape index (κ1) is 76.1. The van der Waals surface area contributed by atoms with E-state index in [0.29, 0.717) is 23.9 Å². The highest BCUT2D eigenvalue weighted by Crippen LogP contribution is 2.38. The maximum atomic E-state index is 13.5. The molecule has 0 heterocycles. The zero-order valence-corrected chi connectivity index (χ0v) is 52.9. The number of allylic oxidation sites excluding steroid dienone is 21. The number of phosphoric acid groups is 1. The zero-order valence-electron chi connectivity index (χ0n) is 52.0. The summed E-state index contributed by atoms with van der Waals surface area (Å²) in [6.07, 6.45) is 82.8. The Bertz CT molecular complexity index is 1830. The number of phosphoric ester groups is 1. The zero-order chi connectivity index (χ0) is 58.6. The minimum Gasteiger partial charge on any atom is -0.756 e. The van der Waals surface area contributed by atoms with Gasteiger partial charge in [-0.25, -0.2) is 0 Å². The second-order valence-electron chi connectivity index (χ2n) is 22.3. The summed E-state index contributed by atoms with van der Waals surface area (Å²) in [6, 6.07) is -0.924. The van der Waals surface area contributed by atoms with Crippen LogP contribution in [0.2, 0.25) is 0 Å². The van der Waals surface area contributed by atoms with Gasteiger partial charge in [0.05, 0.1) is 33.8 Å². The summed E-state index contributed by atoms with van der Waals surface area (Å²) in [7, 11) is 1.13. The molecule has 80 heavy (non-hydrogen) atoms. The number of quaternary nitrogens is 1. The Hall–Kier alpha value is -3.85. The Balaban J connectivity index is 5.26. The molecule has 0 aromatic heterocycles. The molecule has 456 valence electrons. The molecule has 0 aromatic carbocycles. The van der Waals surface area contributed by atoms with Gasteiger partial charge in [0.1, 0.15) is 19.3 Å². The van der Waals surface area contributed by atoms with Crippen molar-refractivity contribution in [1.82, 2.24) is 5.32 Å². The highest BCUT2D eigenvalue weighted by Gasteiger charge is 2.27. The van der Waals surface area contributed by atoms with Crippen molar-refractivity contribution >= 4 is 19.7 Å². The fraction of sp³-hybridized carbons (Fsp3) is 0.657. The predicted octanol–water partition coefficient (Wildman–Crippen LogP) is 19.4. The molecule has 0 aliphatic heterocycles. The lowest BCUT2D eigenvalue weighted by molar-refractivity contribution is -0.870. The standard InChI is InChI=1S/C70H119N2O7P/c1-7-10-13-16-19-22-25-28-30-32-33-34-35-36-37-38-39-41-43-45-48-51-54-57-60-63-70(74)79-68(61-58-55-52-49-46-27-24-21-18-15-12-9-3)67(66-78-80(75,76)77-65-64-72(4,5)6)71-69(73)62-59-56-53-50-47-44-42-40-31-29-26-23-20-17-14-11-8-2/h11,14,17,19-20,22-23,26,28-31,33-34,36-37,40,42,44,47,58,61,67-68H,7-10,12-13,15-16,18,21,24-25,27,32,35,38-39,41,43,45-46,48-57,59-60,62-66H2,1-6H3,(H-,71,73,75,76)/b14-11-,20-17+,22-19-,26-23+,30-28-,31-29-,34-33-,37-36-,42-40+,47-44+,61-58-. The van der Waals surface area contributed by atoms with Gasteiger partial charge in [-0.1, -0.05) is 270 Å². The third-order valence-corrected chi connectivity index (χ3v) is 14.4. The topological polar surface area (TPSA) is 114 Å². The number of ether oxygens (including phenoxy) is 1. The maximum absolute atomic E-state index is 13.5. The summed E-state index contributed by atoms with van der Waals surface area (Å²) < 4.78 is 30.3. The molecule has 0 bridgehead atoms. The van der Waals surface area contributed by atoms with Gasteiger partial charge in [0.2, 0.25) is 5.91 Å². The molecule has 0 saturated heterocycles. The number of unbranched alkanes of at least 4 members (excludes halogenated alkanes) is 25. The lowest BCUT2D eigenvalue weighted by atomic mass is 10.0. The second-order valence-corrected chi connectivity index (χ2v) is 23.7. The van der Waals surface area contributed by atoms with Crippen LogP contribution in [0.1, 0.15) is 245 Å². The lowest BCUT2D eigenvalue weighted by Gasteiger charge is -2.30. The van der Waals surface area contributed by atoms with Gasteiger partial charge in [0.25, 0.3) is 7.82 Å². The molecule has 1 N–H and O–H groups in total. The number of carbonyl (C=O) groups excluding carboxylic acids is 2. The molecule has 0 aliphatic rings. The van der Waals surface area contributed by atoms with Gasteiger partial charge in [-0.05, 0) is 96.0 Å². The first-order valence-corrected chi connectivity index (χ1v) is 33.5. The molecule has 10 heteroatoms. The van der Waals surface area contributed by atoms with Crippen LogP contribution in [0.25, 0.3) is 0 Å². The van der Waals surface area contributed by atoms with Gasteiger partial charge in [-0.3, -0.25) is 14.2 Å². The number of carbonyl (C=O) groups is 2. The van der Waals surface area contributed by atoms with Crippen LogP contribution in [-0.4, -0.2) is 69.4 Å². The highest BCUT2D eigenvalue weighted by atomic mass is 31.2. The lowest BCUT2D eigenvalue weighted by Crippen LogP contribution is -2.47. The van der Waals surface area contributed by atoms with Gasteiger partial charge in [-0.15, -0.1) is 0 Å². The molecule has 3 atom stereocenters. The van der Waals surface area contributed by atoms with Crippen LogP contribution in [0.4, 0.5) is 0 Å². The smallest absolute Gasteiger partial charge is 0.306 e. The molecule has 0 radical (unpaired) electrons. The number of hydrogen-bond acceptors (Lipinski definition) is 7. The molecule has 0 fully saturated rings. The van der Waals surface area contributed by atoms with Crippen molar-refractivity contribution in [2.24, 2.45) is 0 Å². The van der Waals surface area contributed by atoms with Crippen molar-refractivity contribution < 1.29 is 37.3 Å². The number of amides is 1. The largest absolute Gasteiger partial charge is 0.756 e. The van der Waals surface area contributed by atoms with E-state index in [0.717, 1.165) is 89.9 Å². The third-order valence-electron chi connectivity index (χ3n) is 13.5. The van der Waals surface area contributed by atoms with E-state index in [9.17, 15) is 19.0 Å². The fourth-order valence-electron chi connectivity index (χ4n) is 8.54. The average molecular weight is 1130 g/mol. The summed E-state index contributed by atoms with van der Waals surface area (Å²) >= 11 is 0. The maximum Gasteiger partial charge on any atom is 0.306 e. The van der Waals surface area contributed by atoms with Gasteiger partial charge in [0, 0.05) is 12.8 Å². The van der Waals surface area contributed by atoms with Crippen LogP contribution >= 0.6 is 7.82 Å². The van der Waals surface area contributed by atoms with Crippen molar-refractivity contribution in [3.8, 4) is 0 Å². The normalized spacial score (nSPS) is 14.5. The predicted molar refractivity (Wildman–Crippen MR) is 343 cm³/mol. The Morgan fingerprint density at radius 2 is 0.850 bits per heavy atom. The van der Waals surface area contributed by atoms with Crippen LogP contribution in [0.3, 0.4) is 0 Å². The van der Waals surface area contributed by atoms with Crippen molar-refractivity contribution in [3.63, 3.8) is 0 Å². The third kappa shape index (κ3) is 58.8. The number of nitrogens with one attached hydrogen (secondary N) is 1. The van der Waals surface area contributed by atoms with Crippen molar-refractivity contribution in [2.45, 2.75) is 258 Å². The Morgan fingerprint density at radius 3 is 1.35 bits per heavy atom. The molecule has 0 aromatic rings. The van der Waals surface area contributed by atoms with E-state index in [4.69, 9.17) is 13.8 Å². The summed E-state index contributed by atoms with van der Waals surface area (Å²) in [5.41, 5.74) is 0. The van der Waals surface area contributed by atoms with Crippen LogP contribution < -0.4 is 10.2 Å². The fourth-order valence-corrected chi connectivity index (χ4v) is 9.26. The van der Waals surface area contributed by atoms with Gasteiger partial charge in [0.15, 0.2) is 0 Å². The van der Waals surface area contributed by atoms with E-state index in [1.807, 2.05) is 94.1 Å². The molecule has 3 unspecified atom stereocenters. The number of esters is 1. The van der Waals surface area contributed by atoms with E-state index in [1.54, 1.807) is 0 Å². The summed E-state index contributed by atoms with van der Waals surface area (Å²) in [5, 5.41) is 3.00. The molecule has 9 nitrogen and oxygen atoms in total. The molecule has 0 saturated carbocycles. The summed E-state index contributed by atoms with van der Waals surface area (Å²) in [5.74, 6) is -0.608. The van der Waals surface area contributed by atoms with E-state index in [-0.39, 0.29) is 31.3 Å². The van der Waals surface area contributed by atoms with Gasteiger partial charge in [-0.2, -0.15) is 0 Å². The first-order valence-electron chi connectivity index (χ1n) is 32.1. The van der Waals surface area contributed by atoms with Gasteiger partial charge >= 0.3 is 5.97 Å². The number of nitrogens with zero attached hydrogens (tertiary/aromatic N) is 1. The van der Waals surface area contributed by atoms with E-state index in [2.05, 4.69) is 86.8 Å². The first-order chi connectivity index (χ1) is 38.9. The minimum absolute atomic E-state index is 0.0401.